The monoisotopic (exact) mass is 350 g/mol. The molecule has 1 aliphatic rings. The van der Waals surface area contributed by atoms with Gasteiger partial charge in [0.2, 0.25) is 0 Å². The van der Waals surface area contributed by atoms with Crippen molar-refractivity contribution in [3.63, 3.8) is 0 Å². The predicted octanol–water partition coefficient (Wildman–Crippen LogP) is 4.56. The summed E-state index contributed by atoms with van der Waals surface area (Å²) in [5.41, 5.74) is 1.95. The molecule has 0 saturated carbocycles. The van der Waals surface area contributed by atoms with Crippen LogP contribution in [0.1, 0.15) is 22.7 Å². The molecule has 0 bridgehead atoms. The van der Waals surface area contributed by atoms with Crippen LogP contribution in [0.15, 0.2) is 48.5 Å². The Morgan fingerprint density at radius 1 is 0.870 bits per heavy atom. The molecule has 0 unspecified atom stereocenters. The molecule has 3 rings (SSSR count). The van der Waals surface area contributed by atoms with E-state index in [0.29, 0.717) is 0 Å². The van der Waals surface area contributed by atoms with Gasteiger partial charge in [0.05, 0.1) is 5.37 Å². The second-order valence-electron chi connectivity index (χ2n) is 5.49. The molecule has 2 atom stereocenters. The molecule has 1 heterocycles. The summed E-state index contributed by atoms with van der Waals surface area (Å²) >= 11 is 7.05. The Morgan fingerprint density at radius 3 is 1.87 bits per heavy atom. The summed E-state index contributed by atoms with van der Waals surface area (Å²) in [6.45, 7) is 0. The molecule has 23 heavy (non-hydrogen) atoms. The van der Waals surface area contributed by atoms with Crippen LogP contribution in [0.5, 0.6) is 0 Å². The van der Waals surface area contributed by atoms with Gasteiger partial charge in [-0.05, 0) is 42.4 Å². The topological polar surface area (TPSA) is 6.48 Å². The quantitative estimate of drug-likeness (QED) is 0.732. The average Bonchev–Trinajstić information content (AvgIpc) is 2.54. The van der Waals surface area contributed by atoms with Crippen LogP contribution in [0.25, 0.3) is 0 Å². The fourth-order valence-electron chi connectivity index (χ4n) is 2.79. The third kappa shape index (κ3) is 3.24. The molecule has 1 fully saturated rings. The third-order valence-corrected chi connectivity index (χ3v) is 5.84. The lowest BCUT2D eigenvalue weighted by Crippen LogP contribution is -2.45. The number of nitrogens with zero attached hydrogens (tertiary/aromatic N) is 2. The van der Waals surface area contributed by atoms with Crippen molar-refractivity contribution in [2.24, 2.45) is 0 Å². The summed E-state index contributed by atoms with van der Waals surface area (Å²) in [5, 5.41) is -0.0191. The summed E-state index contributed by atoms with van der Waals surface area (Å²) in [5.74, 6) is -0.520. The summed E-state index contributed by atoms with van der Waals surface area (Å²) in [6.07, 6.45) is -0.0978. The van der Waals surface area contributed by atoms with Gasteiger partial charge in [-0.25, -0.2) is 8.78 Å². The molecule has 0 amide bonds. The van der Waals surface area contributed by atoms with Gasteiger partial charge in [0.15, 0.2) is 0 Å². The van der Waals surface area contributed by atoms with Crippen molar-refractivity contribution >= 4 is 28.3 Å². The minimum Gasteiger partial charge on any atom is -0.341 e. The van der Waals surface area contributed by atoms with Gasteiger partial charge in [0, 0.05) is 7.05 Å². The standard InChI is InChI=1S/C17H16F2N2S2/c1-20-15(11-3-7-13(18)8-4-11)21(2)17(22)23-16(20)12-5-9-14(19)10-6-12/h3-10,15-16H,1-2H3/t15-,16-/m1/s1. The van der Waals surface area contributed by atoms with Gasteiger partial charge in [0.25, 0.3) is 0 Å². The van der Waals surface area contributed by atoms with Gasteiger partial charge in [-0.2, -0.15) is 0 Å². The van der Waals surface area contributed by atoms with Gasteiger partial charge >= 0.3 is 0 Å². The van der Waals surface area contributed by atoms with Crippen LogP contribution in [0.2, 0.25) is 0 Å². The highest BCUT2D eigenvalue weighted by Crippen LogP contribution is 2.44. The van der Waals surface area contributed by atoms with E-state index >= 15 is 0 Å². The molecular formula is C17H16F2N2S2. The van der Waals surface area contributed by atoms with Crippen LogP contribution in [0, 0.1) is 11.6 Å². The number of hydrogen-bond acceptors (Lipinski definition) is 3. The van der Waals surface area contributed by atoms with Gasteiger partial charge in [-0.3, -0.25) is 4.90 Å². The summed E-state index contributed by atoms with van der Waals surface area (Å²) in [6, 6.07) is 12.9. The Bertz CT molecular complexity index is 704. The maximum absolute atomic E-state index is 13.2. The predicted molar refractivity (Wildman–Crippen MR) is 94.0 cm³/mol. The lowest BCUT2D eigenvalue weighted by Gasteiger charge is -2.46. The van der Waals surface area contributed by atoms with Crippen molar-refractivity contribution in [2.75, 3.05) is 14.1 Å². The van der Waals surface area contributed by atoms with Gasteiger partial charge in [-0.1, -0.05) is 48.2 Å². The molecule has 2 aromatic rings. The molecular weight excluding hydrogens is 334 g/mol. The smallest absolute Gasteiger partial charge is 0.139 e. The SMILES string of the molecule is CN1C(=S)S[C@H](c2ccc(F)cc2)N(C)[C@H]1c1ccc(F)cc1. The van der Waals surface area contributed by atoms with Crippen molar-refractivity contribution in [2.45, 2.75) is 11.5 Å². The zero-order valence-electron chi connectivity index (χ0n) is 12.7. The Balaban J connectivity index is 1.96. The molecule has 0 spiro atoms. The number of hydrogen-bond donors (Lipinski definition) is 0. The van der Waals surface area contributed by atoms with Crippen LogP contribution in [-0.4, -0.2) is 28.2 Å². The van der Waals surface area contributed by atoms with E-state index in [9.17, 15) is 8.78 Å². The van der Waals surface area contributed by atoms with Crippen LogP contribution in [0.4, 0.5) is 8.78 Å². The summed E-state index contributed by atoms with van der Waals surface area (Å²) < 4.78 is 27.1. The van der Waals surface area contributed by atoms with E-state index in [2.05, 4.69) is 4.90 Å². The number of halogens is 2. The van der Waals surface area contributed by atoms with Gasteiger partial charge in [-0.15, -0.1) is 0 Å². The Kier molecular flexibility index (Phi) is 4.66. The highest BCUT2D eigenvalue weighted by molar-refractivity contribution is 8.23. The first-order valence-corrected chi connectivity index (χ1v) is 8.42. The largest absolute Gasteiger partial charge is 0.341 e. The van der Waals surface area contributed by atoms with E-state index in [1.807, 2.05) is 19.0 Å². The molecule has 0 aromatic heterocycles. The lowest BCUT2D eigenvalue weighted by atomic mass is 10.1. The first-order valence-electron chi connectivity index (χ1n) is 7.13. The minimum atomic E-state index is -0.262. The zero-order valence-corrected chi connectivity index (χ0v) is 14.4. The van der Waals surface area contributed by atoms with Crippen LogP contribution in [-0.2, 0) is 0 Å². The van der Waals surface area contributed by atoms with Gasteiger partial charge < -0.3 is 4.90 Å². The second kappa shape index (κ2) is 6.55. The molecule has 1 aliphatic heterocycles. The minimum absolute atomic E-state index is 0.0191. The number of thioether (sulfide) groups is 1. The van der Waals surface area contributed by atoms with E-state index < -0.39 is 0 Å². The maximum Gasteiger partial charge on any atom is 0.139 e. The zero-order chi connectivity index (χ0) is 16.6. The number of thiocarbonyl (C=S) groups is 1. The number of rotatable bonds is 2. The molecule has 1 saturated heterocycles. The fourth-order valence-corrected chi connectivity index (χ4v) is 4.19. The van der Waals surface area contributed by atoms with Crippen LogP contribution in [0.3, 0.4) is 0 Å². The molecule has 2 aromatic carbocycles. The normalized spacial score (nSPS) is 22.4. The van der Waals surface area contributed by atoms with Crippen molar-refractivity contribution in [3.8, 4) is 0 Å². The Morgan fingerprint density at radius 2 is 1.35 bits per heavy atom. The van der Waals surface area contributed by atoms with Gasteiger partial charge in [0.1, 0.15) is 22.1 Å². The molecule has 0 N–H and O–H groups in total. The van der Waals surface area contributed by atoms with Crippen LogP contribution < -0.4 is 0 Å². The average molecular weight is 350 g/mol. The fraction of sp³-hybridized carbons (Fsp3) is 0.235. The van der Waals surface area contributed by atoms with E-state index in [1.165, 1.54) is 24.3 Å². The van der Waals surface area contributed by atoms with Crippen molar-refractivity contribution in [1.29, 1.82) is 0 Å². The third-order valence-electron chi connectivity index (χ3n) is 3.95. The van der Waals surface area contributed by atoms with E-state index in [-0.39, 0.29) is 23.2 Å². The Hall–Kier alpha value is -1.50. The molecule has 6 heteroatoms. The molecule has 2 nitrogen and oxygen atoms in total. The molecule has 0 aliphatic carbocycles. The lowest BCUT2D eigenvalue weighted by molar-refractivity contribution is 0.122. The number of benzene rings is 2. The van der Waals surface area contributed by atoms with Crippen molar-refractivity contribution in [3.05, 3.63) is 71.3 Å². The highest BCUT2D eigenvalue weighted by atomic mass is 32.2. The maximum atomic E-state index is 13.2. The summed E-state index contributed by atoms with van der Waals surface area (Å²) in [4.78, 5) is 4.15. The first-order chi connectivity index (χ1) is 11.0. The van der Waals surface area contributed by atoms with E-state index in [1.54, 1.807) is 36.0 Å². The van der Waals surface area contributed by atoms with E-state index in [0.717, 1.165) is 15.4 Å². The van der Waals surface area contributed by atoms with Crippen molar-refractivity contribution < 1.29 is 8.78 Å². The van der Waals surface area contributed by atoms with Crippen molar-refractivity contribution in [1.82, 2.24) is 9.80 Å². The summed E-state index contributed by atoms with van der Waals surface area (Å²) in [7, 11) is 3.92. The Labute approximate surface area is 144 Å². The molecule has 120 valence electrons. The van der Waals surface area contributed by atoms with Crippen LogP contribution >= 0.6 is 24.0 Å². The second-order valence-corrected chi connectivity index (χ2v) is 7.20. The highest BCUT2D eigenvalue weighted by Gasteiger charge is 2.36. The van der Waals surface area contributed by atoms with E-state index in [4.69, 9.17) is 12.2 Å². The molecule has 0 radical (unpaired) electrons. The first kappa shape index (κ1) is 16.4.